The summed E-state index contributed by atoms with van der Waals surface area (Å²) in [5.41, 5.74) is 0.314. The molecule has 0 spiro atoms. The van der Waals surface area contributed by atoms with Gasteiger partial charge in [-0.2, -0.15) is 0 Å². The zero-order valence-electron chi connectivity index (χ0n) is 13.9. The number of rotatable bonds is 3. The Kier molecular flexibility index (Phi) is 5.60. The quantitative estimate of drug-likeness (QED) is 0.862. The number of hydrogen-bond donors (Lipinski definition) is 1. The first kappa shape index (κ1) is 17.3. The summed E-state index contributed by atoms with van der Waals surface area (Å²) in [6, 6.07) is 8.79. The van der Waals surface area contributed by atoms with Crippen molar-refractivity contribution in [3.63, 3.8) is 0 Å². The Labute approximate surface area is 136 Å². The van der Waals surface area contributed by atoms with E-state index in [0.29, 0.717) is 19.6 Å². The second-order valence-corrected chi connectivity index (χ2v) is 6.49. The third-order valence-electron chi connectivity index (χ3n) is 3.37. The maximum absolute atomic E-state index is 12.3. The molecular formula is C17H24N2O4. The van der Waals surface area contributed by atoms with Gasteiger partial charge in [0.2, 0.25) is 0 Å². The molecule has 1 N–H and O–H groups in total. The summed E-state index contributed by atoms with van der Waals surface area (Å²) >= 11 is 0. The highest BCUT2D eigenvalue weighted by molar-refractivity contribution is 5.82. The molecule has 1 aliphatic heterocycles. The van der Waals surface area contributed by atoms with Crippen LogP contribution in [-0.2, 0) is 20.9 Å². The smallest absolute Gasteiger partial charge is 0.411 e. The number of hydrogen-bond acceptors (Lipinski definition) is 5. The minimum Gasteiger partial charge on any atom is -0.459 e. The van der Waals surface area contributed by atoms with Gasteiger partial charge in [-0.05, 0) is 26.3 Å². The van der Waals surface area contributed by atoms with Gasteiger partial charge in [0, 0.05) is 19.6 Å². The van der Waals surface area contributed by atoms with Crippen LogP contribution >= 0.6 is 0 Å². The minimum absolute atomic E-state index is 0.193. The zero-order chi connectivity index (χ0) is 16.9. The topological polar surface area (TPSA) is 67.9 Å². The molecule has 1 aromatic rings. The summed E-state index contributed by atoms with van der Waals surface area (Å²) in [4.78, 5) is 26.1. The minimum atomic E-state index is -0.665. The summed E-state index contributed by atoms with van der Waals surface area (Å²) in [5, 5.41) is 3.11. The van der Waals surface area contributed by atoms with Gasteiger partial charge in [0.15, 0.2) is 0 Å². The first-order valence-electron chi connectivity index (χ1n) is 7.78. The van der Waals surface area contributed by atoms with E-state index in [1.807, 2.05) is 30.3 Å². The molecule has 6 nitrogen and oxygen atoms in total. The predicted octanol–water partition coefficient (Wildman–Crippen LogP) is 1.94. The number of piperazine rings is 1. The van der Waals surface area contributed by atoms with E-state index in [-0.39, 0.29) is 6.61 Å². The standard InChI is InChI=1S/C17H24N2O4/c1-17(2,3)23-16(21)19-10-9-18-11-14(19)15(20)22-12-13-7-5-4-6-8-13/h4-8,14,18H,9-12H2,1-3H3. The lowest BCUT2D eigenvalue weighted by atomic mass is 10.2. The van der Waals surface area contributed by atoms with E-state index in [0.717, 1.165) is 5.56 Å². The largest absolute Gasteiger partial charge is 0.459 e. The van der Waals surface area contributed by atoms with E-state index in [1.165, 1.54) is 4.90 Å². The molecule has 1 fully saturated rings. The molecule has 1 amide bonds. The molecule has 6 heteroatoms. The highest BCUT2D eigenvalue weighted by Gasteiger charge is 2.35. The fourth-order valence-corrected chi connectivity index (χ4v) is 2.28. The number of carbonyl (C=O) groups excluding carboxylic acids is 2. The molecule has 1 saturated heterocycles. The number of nitrogens with one attached hydrogen (secondary N) is 1. The molecular weight excluding hydrogens is 296 g/mol. The van der Waals surface area contributed by atoms with Crippen molar-refractivity contribution < 1.29 is 19.1 Å². The van der Waals surface area contributed by atoms with Crippen molar-refractivity contribution >= 4 is 12.1 Å². The number of carbonyl (C=O) groups is 2. The molecule has 0 radical (unpaired) electrons. The van der Waals surface area contributed by atoms with Crippen molar-refractivity contribution in [2.24, 2.45) is 0 Å². The molecule has 1 atom stereocenters. The molecule has 0 saturated carbocycles. The van der Waals surface area contributed by atoms with Crippen molar-refractivity contribution in [2.75, 3.05) is 19.6 Å². The third kappa shape index (κ3) is 5.25. The molecule has 2 rings (SSSR count). The van der Waals surface area contributed by atoms with Gasteiger partial charge in [-0.1, -0.05) is 30.3 Å². The van der Waals surface area contributed by atoms with Gasteiger partial charge in [-0.3, -0.25) is 4.90 Å². The molecule has 1 aliphatic rings. The number of esters is 1. The Bertz CT molecular complexity index is 539. The fourth-order valence-electron chi connectivity index (χ4n) is 2.28. The van der Waals surface area contributed by atoms with Crippen molar-refractivity contribution in [3.05, 3.63) is 35.9 Å². The molecule has 126 valence electrons. The molecule has 0 aliphatic carbocycles. The van der Waals surface area contributed by atoms with E-state index < -0.39 is 23.7 Å². The van der Waals surface area contributed by atoms with Crippen molar-refractivity contribution in [1.29, 1.82) is 0 Å². The second kappa shape index (κ2) is 7.46. The van der Waals surface area contributed by atoms with Crippen LogP contribution in [0.5, 0.6) is 0 Å². The van der Waals surface area contributed by atoms with Crippen LogP contribution in [0.15, 0.2) is 30.3 Å². The number of benzene rings is 1. The van der Waals surface area contributed by atoms with Crippen LogP contribution in [0.2, 0.25) is 0 Å². The number of ether oxygens (including phenoxy) is 2. The lowest BCUT2D eigenvalue weighted by Crippen LogP contribution is -2.58. The molecule has 1 unspecified atom stereocenters. The Hall–Kier alpha value is -2.08. The molecule has 0 bridgehead atoms. The molecule has 1 aromatic carbocycles. The van der Waals surface area contributed by atoms with Crippen LogP contribution in [0.3, 0.4) is 0 Å². The Morgan fingerprint density at radius 1 is 1.26 bits per heavy atom. The first-order valence-corrected chi connectivity index (χ1v) is 7.78. The Balaban J connectivity index is 1.97. The molecule has 0 aromatic heterocycles. The number of nitrogens with zero attached hydrogens (tertiary/aromatic N) is 1. The SMILES string of the molecule is CC(C)(C)OC(=O)N1CCNCC1C(=O)OCc1ccccc1. The van der Waals surface area contributed by atoms with Gasteiger partial charge in [-0.25, -0.2) is 9.59 Å². The number of amides is 1. The Morgan fingerprint density at radius 2 is 1.96 bits per heavy atom. The highest BCUT2D eigenvalue weighted by atomic mass is 16.6. The summed E-state index contributed by atoms with van der Waals surface area (Å²) in [7, 11) is 0. The van der Waals surface area contributed by atoms with E-state index in [2.05, 4.69) is 5.32 Å². The summed E-state index contributed by atoms with van der Waals surface area (Å²) in [6.45, 7) is 7.01. The Morgan fingerprint density at radius 3 is 2.61 bits per heavy atom. The van der Waals surface area contributed by atoms with Crippen molar-refractivity contribution in [3.8, 4) is 0 Å². The van der Waals surface area contributed by atoms with Crippen LogP contribution in [-0.4, -0.2) is 48.2 Å². The van der Waals surface area contributed by atoms with Crippen LogP contribution in [0.1, 0.15) is 26.3 Å². The van der Waals surface area contributed by atoms with Gasteiger partial charge in [0.05, 0.1) is 0 Å². The fraction of sp³-hybridized carbons (Fsp3) is 0.529. The summed E-state index contributed by atoms with van der Waals surface area (Å²) in [5.74, 6) is -0.424. The van der Waals surface area contributed by atoms with E-state index in [4.69, 9.17) is 9.47 Å². The normalized spacial score (nSPS) is 18.4. The van der Waals surface area contributed by atoms with E-state index >= 15 is 0 Å². The highest BCUT2D eigenvalue weighted by Crippen LogP contribution is 2.14. The van der Waals surface area contributed by atoms with Crippen LogP contribution in [0.25, 0.3) is 0 Å². The maximum Gasteiger partial charge on any atom is 0.411 e. The lowest BCUT2D eigenvalue weighted by molar-refractivity contribution is -0.151. The van der Waals surface area contributed by atoms with Crippen LogP contribution in [0, 0.1) is 0 Å². The predicted molar refractivity (Wildman–Crippen MR) is 85.8 cm³/mol. The summed E-state index contributed by atoms with van der Waals surface area (Å²) < 4.78 is 10.7. The van der Waals surface area contributed by atoms with Gasteiger partial charge in [-0.15, -0.1) is 0 Å². The summed E-state index contributed by atoms with van der Waals surface area (Å²) in [6.07, 6.45) is -0.485. The van der Waals surface area contributed by atoms with E-state index in [1.54, 1.807) is 20.8 Å². The van der Waals surface area contributed by atoms with Gasteiger partial charge in [0.1, 0.15) is 18.2 Å². The van der Waals surface area contributed by atoms with Crippen LogP contribution in [0.4, 0.5) is 4.79 Å². The van der Waals surface area contributed by atoms with Crippen molar-refractivity contribution in [2.45, 2.75) is 39.0 Å². The monoisotopic (exact) mass is 320 g/mol. The lowest BCUT2D eigenvalue weighted by Gasteiger charge is -2.35. The molecule has 1 heterocycles. The van der Waals surface area contributed by atoms with Gasteiger partial charge >= 0.3 is 12.1 Å². The average molecular weight is 320 g/mol. The maximum atomic E-state index is 12.3. The van der Waals surface area contributed by atoms with Crippen LogP contribution < -0.4 is 5.32 Å². The van der Waals surface area contributed by atoms with Crippen molar-refractivity contribution in [1.82, 2.24) is 10.2 Å². The molecule has 23 heavy (non-hydrogen) atoms. The third-order valence-corrected chi connectivity index (χ3v) is 3.37. The van der Waals surface area contributed by atoms with Gasteiger partial charge in [0.25, 0.3) is 0 Å². The van der Waals surface area contributed by atoms with E-state index in [9.17, 15) is 9.59 Å². The zero-order valence-corrected chi connectivity index (χ0v) is 13.9. The van der Waals surface area contributed by atoms with Gasteiger partial charge < -0.3 is 14.8 Å². The average Bonchev–Trinajstić information content (AvgIpc) is 2.52. The first-order chi connectivity index (χ1) is 10.9. The second-order valence-electron chi connectivity index (χ2n) is 6.49.